The van der Waals surface area contributed by atoms with Crippen molar-refractivity contribution in [3.05, 3.63) is 77.3 Å². The average Bonchev–Trinajstić information content (AvgIpc) is 3.12. The van der Waals surface area contributed by atoms with Gasteiger partial charge in [-0.2, -0.15) is 0 Å². The third-order valence-electron chi connectivity index (χ3n) is 4.76. The van der Waals surface area contributed by atoms with Gasteiger partial charge >= 0.3 is 0 Å². The number of amides is 1. The lowest BCUT2D eigenvalue weighted by atomic mass is 10.0. The summed E-state index contributed by atoms with van der Waals surface area (Å²) in [6, 6.07) is 21.5. The van der Waals surface area contributed by atoms with E-state index in [9.17, 15) is 4.79 Å². The molecule has 4 rings (SSSR count). The Kier molecular flexibility index (Phi) is 5.92. The molecule has 3 aromatic carbocycles. The van der Waals surface area contributed by atoms with Gasteiger partial charge in [-0.05, 0) is 41.5 Å². The van der Waals surface area contributed by atoms with E-state index < -0.39 is 0 Å². The van der Waals surface area contributed by atoms with Crippen molar-refractivity contribution in [2.45, 2.75) is 18.1 Å². The largest absolute Gasteiger partial charge is 0.349 e. The number of benzene rings is 3. The Labute approximate surface area is 183 Å². The third kappa shape index (κ3) is 4.27. The van der Waals surface area contributed by atoms with Crippen LogP contribution in [0.2, 0.25) is 5.02 Å². The van der Waals surface area contributed by atoms with Crippen molar-refractivity contribution in [3.8, 4) is 11.4 Å². The molecule has 1 amide bonds. The molecule has 6 nitrogen and oxygen atoms in total. The van der Waals surface area contributed by atoms with E-state index >= 15 is 0 Å². The van der Waals surface area contributed by atoms with Crippen LogP contribution in [0.4, 0.5) is 0 Å². The van der Waals surface area contributed by atoms with Crippen molar-refractivity contribution in [3.63, 3.8) is 0 Å². The minimum absolute atomic E-state index is 0.108. The number of rotatable bonds is 6. The molecule has 0 unspecified atom stereocenters. The second-order valence-corrected chi connectivity index (χ2v) is 8.19. The van der Waals surface area contributed by atoms with E-state index in [1.165, 1.54) is 21.8 Å². The first kappa shape index (κ1) is 20.3. The molecule has 1 heterocycles. The van der Waals surface area contributed by atoms with Crippen LogP contribution in [-0.2, 0) is 4.79 Å². The minimum Gasteiger partial charge on any atom is -0.349 e. The highest BCUT2D eigenvalue weighted by molar-refractivity contribution is 7.99. The normalized spacial score (nSPS) is 12.1. The molecule has 30 heavy (non-hydrogen) atoms. The highest BCUT2D eigenvalue weighted by Gasteiger charge is 2.16. The van der Waals surface area contributed by atoms with Gasteiger partial charge in [0.05, 0.1) is 16.8 Å². The topological polar surface area (TPSA) is 85.8 Å². The van der Waals surface area contributed by atoms with Gasteiger partial charge in [0.1, 0.15) is 0 Å². The van der Waals surface area contributed by atoms with Crippen LogP contribution >= 0.6 is 23.4 Å². The average molecular weight is 438 g/mol. The van der Waals surface area contributed by atoms with Crippen LogP contribution < -0.4 is 11.2 Å². The van der Waals surface area contributed by atoms with Gasteiger partial charge < -0.3 is 11.2 Å². The molecular weight excluding hydrogens is 418 g/mol. The Morgan fingerprint density at radius 1 is 1.10 bits per heavy atom. The highest BCUT2D eigenvalue weighted by Crippen LogP contribution is 2.27. The molecule has 0 bridgehead atoms. The molecule has 0 fully saturated rings. The van der Waals surface area contributed by atoms with Crippen molar-refractivity contribution in [1.29, 1.82) is 0 Å². The van der Waals surface area contributed by atoms with E-state index in [0.29, 0.717) is 21.6 Å². The van der Waals surface area contributed by atoms with Crippen molar-refractivity contribution in [2.75, 3.05) is 11.6 Å². The molecule has 1 aromatic heterocycles. The maximum absolute atomic E-state index is 12.5. The fourth-order valence-electron chi connectivity index (χ4n) is 3.18. The van der Waals surface area contributed by atoms with Crippen LogP contribution in [0.5, 0.6) is 0 Å². The number of fused-ring (bicyclic) bond motifs is 1. The van der Waals surface area contributed by atoms with Crippen LogP contribution in [0.1, 0.15) is 18.5 Å². The lowest BCUT2D eigenvalue weighted by Gasteiger charge is -2.15. The van der Waals surface area contributed by atoms with E-state index in [2.05, 4.69) is 39.8 Å². The number of nitrogens with one attached hydrogen (secondary N) is 1. The first-order chi connectivity index (χ1) is 14.5. The smallest absolute Gasteiger partial charge is 0.230 e. The summed E-state index contributed by atoms with van der Waals surface area (Å²) in [6.45, 7) is 1.97. The number of hydrogen-bond acceptors (Lipinski definition) is 5. The van der Waals surface area contributed by atoms with E-state index in [1.807, 2.05) is 43.3 Å². The summed E-state index contributed by atoms with van der Waals surface area (Å²) < 4.78 is 1.35. The first-order valence-corrected chi connectivity index (χ1v) is 10.8. The molecule has 0 aliphatic carbocycles. The number of halogens is 1. The molecule has 1 atom stereocenters. The Balaban J connectivity index is 1.39. The molecule has 0 aliphatic rings. The van der Waals surface area contributed by atoms with Crippen molar-refractivity contribution >= 4 is 40.0 Å². The molecule has 0 saturated heterocycles. The maximum Gasteiger partial charge on any atom is 0.230 e. The molecule has 0 saturated carbocycles. The molecular formula is C22H20ClN5OS. The summed E-state index contributed by atoms with van der Waals surface area (Å²) >= 11 is 7.44. The van der Waals surface area contributed by atoms with E-state index in [-0.39, 0.29) is 17.7 Å². The number of aromatic nitrogens is 3. The van der Waals surface area contributed by atoms with E-state index in [0.717, 1.165) is 10.9 Å². The van der Waals surface area contributed by atoms with Gasteiger partial charge in [-0.25, -0.2) is 4.68 Å². The van der Waals surface area contributed by atoms with Gasteiger partial charge in [-0.3, -0.25) is 4.79 Å². The number of carbonyl (C=O) groups is 1. The number of thioether (sulfide) groups is 1. The van der Waals surface area contributed by atoms with E-state index in [4.69, 9.17) is 17.4 Å². The van der Waals surface area contributed by atoms with Gasteiger partial charge in [0.15, 0.2) is 5.82 Å². The van der Waals surface area contributed by atoms with Crippen LogP contribution in [0.3, 0.4) is 0 Å². The number of hydrogen-bond donors (Lipinski definition) is 2. The number of carbonyl (C=O) groups excluding carboxylic acids is 1. The Bertz CT molecular complexity index is 1210. The second kappa shape index (κ2) is 8.77. The van der Waals surface area contributed by atoms with Crippen molar-refractivity contribution in [2.24, 2.45) is 0 Å². The zero-order chi connectivity index (χ0) is 21.1. The summed E-state index contributed by atoms with van der Waals surface area (Å²) in [6.07, 6.45) is 0. The number of nitrogens with two attached hydrogens (primary N) is 1. The third-order valence-corrected chi connectivity index (χ3v) is 6.04. The lowest BCUT2D eigenvalue weighted by Crippen LogP contribution is -2.28. The Morgan fingerprint density at radius 3 is 2.63 bits per heavy atom. The van der Waals surface area contributed by atoms with Crippen LogP contribution in [0, 0.1) is 0 Å². The quantitative estimate of drug-likeness (QED) is 0.344. The monoisotopic (exact) mass is 437 g/mol. The predicted octanol–water partition coefficient (Wildman–Crippen LogP) is 4.44. The standard InChI is InChI=1S/C22H20ClN5OS/c1-14(16-11-10-15-6-2-3-7-17(15)12-16)25-20(29)13-30-22-27-26-21(28(22)24)18-8-4-5-9-19(18)23/h2-12,14H,13,24H2,1H3,(H,25,29)/t14-/m0/s1. The van der Waals surface area contributed by atoms with Gasteiger partial charge in [0.25, 0.3) is 0 Å². The summed E-state index contributed by atoms with van der Waals surface area (Å²) in [4.78, 5) is 12.5. The predicted molar refractivity (Wildman–Crippen MR) is 122 cm³/mol. The SMILES string of the molecule is C[C@H](NC(=O)CSc1nnc(-c2ccccc2Cl)n1N)c1ccc2ccccc2c1. The van der Waals surface area contributed by atoms with Gasteiger partial charge in [-0.1, -0.05) is 71.9 Å². The summed E-state index contributed by atoms with van der Waals surface area (Å²) in [5, 5.41) is 14.5. The highest BCUT2D eigenvalue weighted by atomic mass is 35.5. The van der Waals surface area contributed by atoms with Crippen LogP contribution in [0.25, 0.3) is 22.2 Å². The maximum atomic E-state index is 12.5. The fraction of sp³-hybridized carbons (Fsp3) is 0.136. The summed E-state index contributed by atoms with van der Waals surface area (Å²) in [7, 11) is 0. The lowest BCUT2D eigenvalue weighted by molar-refractivity contribution is -0.119. The zero-order valence-corrected chi connectivity index (χ0v) is 17.8. The molecule has 8 heteroatoms. The van der Waals surface area contributed by atoms with Gasteiger partial charge in [0, 0.05) is 5.56 Å². The molecule has 0 aliphatic heterocycles. The fourth-order valence-corrected chi connectivity index (χ4v) is 4.06. The van der Waals surface area contributed by atoms with Crippen LogP contribution in [-0.4, -0.2) is 26.5 Å². The van der Waals surface area contributed by atoms with Crippen LogP contribution in [0.15, 0.2) is 71.9 Å². The van der Waals surface area contributed by atoms with Crippen molar-refractivity contribution < 1.29 is 4.79 Å². The zero-order valence-electron chi connectivity index (χ0n) is 16.2. The number of nitrogen functional groups attached to an aromatic ring is 1. The van der Waals surface area contributed by atoms with Gasteiger partial charge in [-0.15, -0.1) is 10.2 Å². The molecule has 152 valence electrons. The Morgan fingerprint density at radius 2 is 1.83 bits per heavy atom. The molecule has 0 spiro atoms. The molecule has 3 N–H and O–H groups in total. The summed E-state index contributed by atoms with van der Waals surface area (Å²) in [5.74, 6) is 6.64. The number of nitrogens with zero attached hydrogens (tertiary/aromatic N) is 3. The molecule has 0 radical (unpaired) electrons. The summed E-state index contributed by atoms with van der Waals surface area (Å²) in [5.41, 5.74) is 1.74. The minimum atomic E-state index is -0.114. The van der Waals surface area contributed by atoms with Gasteiger partial charge in [0.2, 0.25) is 11.1 Å². The second-order valence-electron chi connectivity index (χ2n) is 6.84. The molecule has 4 aromatic rings. The Hall–Kier alpha value is -3.03. The van der Waals surface area contributed by atoms with E-state index in [1.54, 1.807) is 6.07 Å². The van der Waals surface area contributed by atoms with Crippen molar-refractivity contribution in [1.82, 2.24) is 20.2 Å². The first-order valence-electron chi connectivity index (χ1n) is 9.39.